The molecule has 0 saturated carbocycles. The minimum Gasteiger partial charge on any atom is -0.273 e. The molecule has 172 valence electrons. The summed E-state index contributed by atoms with van der Waals surface area (Å²) in [5.74, 6) is -1.33. The average Bonchev–Trinajstić information content (AvgIpc) is 3.38. The largest absolute Gasteiger partial charge is 0.273 e. The molecule has 6 rings (SSSR count). The summed E-state index contributed by atoms with van der Waals surface area (Å²) >= 11 is 0. The molecule has 2 aliphatic heterocycles. The van der Waals surface area contributed by atoms with Crippen molar-refractivity contribution in [1.29, 1.82) is 0 Å². The van der Waals surface area contributed by atoms with Crippen molar-refractivity contribution in [3.05, 3.63) is 132 Å². The minimum atomic E-state index is -1.36. The highest BCUT2D eigenvalue weighted by molar-refractivity contribution is 6.28. The van der Waals surface area contributed by atoms with Crippen LogP contribution in [-0.4, -0.2) is 17.9 Å². The molecule has 35 heavy (non-hydrogen) atoms. The number of nitrogens with zero attached hydrogens (tertiary/aromatic N) is 2. The number of carbonyl (C=O) groups excluding carboxylic acids is 2. The van der Waals surface area contributed by atoms with E-state index >= 15 is 0 Å². The van der Waals surface area contributed by atoms with Gasteiger partial charge < -0.3 is 0 Å². The van der Waals surface area contributed by atoms with Crippen LogP contribution in [0.25, 0.3) is 0 Å². The molecular weight excluding hydrogens is 443 g/mol. The van der Waals surface area contributed by atoms with Crippen molar-refractivity contribution in [1.82, 2.24) is 0 Å². The summed E-state index contributed by atoms with van der Waals surface area (Å²) in [7, 11) is 0. The number of hydrogen-bond acceptors (Lipinski definition) is 4. The van der Waals surface area contributed by atoms with E-state index in [1.807, 2.05) is 91.0 Å². The Morgan fingerprint density at radius 1 is 0.686 bits per heavy atom. The topological polar surface area (TPSA) is 49.9 Å². The summed E-state index contributed by atoms with van der Waals surface area (Å²) in [6.07, 6.45) is -1.10. The molecular formula is C29H21FN2O3. The van der Waals surface area contributed by atoms with E-state index < -0.39 is 35.2 Å². The summed E-state index contributed by atoms with van der Waals surface area (Å²) in [5, 5.41) is 1.69. The Bertz CT molecular complexity index is 1380. The molecule has 0 aromatic heterocycles. The van der Waals surface area contributed by atoms with Crippen LogP contribution >= 0.6 is 0 Å². The number of anilines is 2. The van der Waals surface area contributed by atoms with Gasteiger partial charge in [0.05, 0.1) is 11.4 Å². The average molecular weight is 464 g/mol. The van der Waals surface area contributed by atoms with E-state index in [1.165, 1.54) is 24.3 Å². The maximum atomic E-state index is 14.5. The Morgan fingerprint density at radius 3 is 1.89 bits per heavy atom. The Morgan fingerprint density at radius 2 is 1.26 bits per heavy atom. The molecule has 0 spiro atoms. The fraction of sp³-hybridized carbons (Fsp3) is 0.103. The van der Waals surface area contributed by atoms with Gasteiger partial charge in [0.2, 0.25) is 5.91 Å². The van der Waals surface area contributed by atoms with Gasteiger partial charge in [0, 0.05) is 0 Å². The molecule has 0 bridgehead atoms. The smallest absolute Gasteiger partial charge is 0.267 e. The third kappa shape index (κ3) is 3.11. The maximum Gasteiger partial charge on any atom is 0.267 e. The molecule has 2 fully saturated rings. The van der Waals surface area contributed by atoms with Crippen LogP contribution in [-0.2, 0) is 19.8 Å². The predicted octanol–water partition coefficient (Wildman–Crippen LogP) is 5.20. The first-order valence-electron chi connectivity index (χ1n) is 11.4. The first kappa shape index (κ1) is 21.3. The summed E-state index contributed by atoms with van der Waals surface area (Å²) in [6, 6.07) is 33.1. The van der Waals surface area contributed by atoms with Crippen molar-refractivity contribution < 1.29 is 18.8 Å². The zero-order valence-electron chi connectivity index (χ0n) is 18.6. The number of hydrogen-bond donors (Lipinski definition) is 0. The van der Waals surface area contributed by atoms with Crippen molar-refractivity contribution in [2.75, 3.05) is 9.96 Å². The summed E-state index contributed by atoms with van der Waals surface area (Å²) < 4.78 is 13.6. The molecule has 0 radical (unpaired) electrons. The number of imide groups is 1. The zero-order chi connectivity index (χ0) is 24.0. The normalized spacial score (nSPS) is 23.6. The zero-order valence-corrected chi connectivity index (χ0v) is 18.6. The molecule has 4 aromatic rings. The molecule has 2 saturated heterocycles. The Hall–Kier alpha value is -4.29. The van der Waals surface area contributed by atoms with Crippen LogP contribution in [0.1, 0.15) is 17.2 Å². The van der Waals surface area contributed by atoms with Crippen molar-refractivity contribution in [2.24, 2.45) is 0 Å². The van der Waals surface area contributed by atoms with Crippen LogP contribution in [0.5, 0.6) is 0 Å². The number of para-hydroxylation sites is 1. The minimum absolute atomic E-state index is 0.313. The van der Waals surface area contributed by atoms with Crippen molar-refractivity contribution >= 4 is 23.2 Å². The fourth-order valence-corrected chi connectivity index (χ4v) is 5.26. The van der Waals surface area contributed by atoms with Crippen LogP contribution in [0.3, 0.4) is 0 Å². The van der Waals surface area contributed by atoms with Crippen LogP contribution in [0, 0.1) is 5.82 Å². The number of fused-ring (bicyclic) bond motifs is 1. The van der Waals surface area contributed by atoms with Gasteiger partial charge in [-0.3, -0.25) is 14.4 Å². The second-order valence-electron chi connectivity index (χ2n) is 8.65. The van der Waals surface area contributed by atoms with Gasteiger partial charge in [-0.15, -0.1) is 0 Å². The van der Waals surface area contributed by atoms with Crippen LogP contribution in [0.2, 0.25) is 0 Å². The van der Waals surface area contributed by atoms with E-state index in [1.54, 1.807) is 5.06 Å². The van der Waals surface area contributed by atoms with E-state index in [0.717, 1.165) is 16.2 Å². The highest BCUT2D eigenvalue weighted by atomic mass is 19.1. The van der Waals surface area contributed by atoms with Gasteiger partial charge in [0.1, 0.15) is 17.3 Å². The number of rotatable bonds is 4. The third-order valence-electron chi connectivity index (χ3n) is 6.76. The Labute approximate surface area is 201 Å². The monoisotopic (exact) mass is 464 g/mol. The van der Waals surface area contributed by atoms with Crippen molar-refractivity contribution in [3.8, 4) is 0 Å². The number of carbonyl (C=O) groups is 2. The lowest BCUT2D eigenvalue weighted by Crippen LogP contribution is -2.46. The SMILES string of the molecule is O=C1[C@H]2ON(c3ccccc3)[C@H](c3ccccc3)[C@@]2(c2ccccc2)C(=O)N1c1ccc(F)cc1. The van der Waals surface area contributed by atoms with Crippen LogP contribution in [0.4, 0.5) is 15.8 Å². The number of amides is 2. The van der Waals surface area contributed by atoms with Gasteiger partial charge >= 0.3 is 0 Å². The molecule has 0 unspecified atom stereocenters. The third-order valence-corrected chi connectivity index (χ3v) is 6.76. The molecule has 0 aliphatic carbocycles. The highest BCUT2D eigenvalue weighted by Crippen LogP contribution is 2.57. The summed E-state index contributed by atoms with van der Waals surface area (Å²) in [5.41, 5.74) is 1.21. The fourth-order valence-electron chi connectivity index (χ4n) is 5.26. The number of halogens is 1. The molecule has 6 heteroatoms. The van der Waals surface area contributed by atoms with E-state index in [4.69, 9.17) is 4.84 Å². The molecule has 3 atom stereocenters. The molecule has 2 amide bonds. The molecule has 2 heterocycles. The van der Waals surface area contributed by atoms with Crippen LogP contribution in [0.15, 0.2) is 115 Å². The number of benzene rings is 4. The molecule has 5 nitrogen and oxygen atoms in total. The highest BCUT2D eigenvalue weighted by Gasteiger charge is 2.72. The number of hydroxylamine groups is 1. The molecule has 2 aliphatic rings. The van der Waals surface area contributed by atoms with Gasteiger partial charge in [0.25, 0.3) is 5.91 Å². The van der Waals surface area contributed by atoms with Gasteiger partial charge in [-0.2, -0.15) is 0 Å². The summed E-state index contributed by atoms with van der Waals surface area (Å²) in [4.78, 5) is 35.9. The first-order valence-corrected chi connectivity index (χ1v) is 11.4. The second kappa shape index (κ2) is 8.18. The molecule has 4 aromatic carbocycles. The lowest BCUT2D eigenvalue weighted by Gasteiger charge is -2.35. The lowest BCUT2D eigenvalue weighted by atomic mass is 9.69. The standard InChI is InChI=1S/C29H21FN2O3/c30-22-16-18-23(19-17-22)31-27(33)26-29(28(31)34,21-12-6-2-7-13-21)25(20-10-4-1-5-11-20)32(35-26)24-14-8-3-9-15-24/h1-19,25-26H/t25-,26-,29-/m1/s1. The van der Waals surface area contributed by atoms with Gasteiger partial charge in [0.15, 0.2) is 6.10 Å². The Balaban J connectivity index is 1.61. The predicted molar refractivity (Wildman–Crippen MR) is 130 cm³/mol. The first-order chi connectivity index (χ1) is 17.1. The van der Waals surface area contributed by atoms with E-state index in [-0.39, 0.29) is 0 Å². The van der Waals surface area contributed by atoms with Crippen LogP contribution < -0.4 is 9.96 Å². The van der Waals surface area contributed by atoms with Crippen molar-refractivity contribution in [3.63, 3.8) is 0 Å². The summed E-state index contributed by atoms with van der Waals surface area (Å²) in [6.45, 7) is 0. The quantitative estimate of drug-likeness (QED) is 0.390. The lowest BCUT2D eigenvalue weighted by molar-refractivity contribution is -0.126. The second-order valence-corrected chi connectivity index (χ2v) is 8.65. The van der Waals surface area contributed by atoms with Gasteiger partial charge in [-0.05, 0) is 47.5 Å². The van der Waals surface area contributed by atoms with E-state index in [9.17, 15) is 14.0 Å². The molecule has 0 N–H and O–H groups in total. The maximum absolute atomic E-state index is 14.5. The van der Waals surface area contributed by atoms with Gasteiger partial charge in [-0.25, -0.2) is 14.4 Å². The Kier molecular flexibility index (Phi) is 4.97. The van der Waals surface area contributed by atoms with E-state index in [2.05, 4.69) is 0 Å². The van der Waals surface area contributed by atoms with E-state index in [0.29, 0.717) is 11.3 Å². The van der Waals surface area contributed by atoms with Crippen molar-refractivity contribution in [2.45, 2.75) is 17.6 Å². The van der Waals surface area contributed by atoms with Gasteiger partial charge in [-0.1, -0.05) is 78.9 Å².